The van der Waals surface area contributed by atoms with E-state index in [1.54, 1.807) is 14.2 Å². The average Bonchev–Trinajstić information content (AvgIpc) is 2.46. The standard InChI is InChI=1S/C15H25NO4/c1-12(16)13-5-6-14(15(11-13)18-3)20-8-4-7-19-10-9-17-2/h5-6,11-12H,4,7-10,16H2,1-3H3/t12-/m0/s1. The second-order valence-corrected chi connectivity index (χ2v) is 4.51. The second-order valence-electron chi connectivity index (χ2n) is 4.51. The first-order valence-electron chi connectivity index (χ1n) is 6.82. The minimum atomic E-state index is -0.0212. The summed E-state index contributed by atoms with van der Waals surface area (Å²) in [6, 6.07) is 5.74. The van der Waals surface area contributed by atoms with Crippen LogP contribution in [0.5, 0.6) is 11.5 Å². The van der Waals surface area contributed by atoms with E-state index >= 15 is 0 Å². The lowest BCUT2D eigenvalue weighted by Gasteiger charge is -2.13. The van der Waals surface area contributed by atoms with E-state index in [0.29, 0.717) is 32.2 Å². The van der Waals surface area contributed by atoms with Crippen LogP contribution in [0.4, 0.5) is 0 Å². The van der Waals surface area contributed by atoms with Crippen molar-refractivity contribution in [3.05, 3.63) is 23.8 Å². The summed E-state index contributed by atoms with van der Waals surface area (Å²) in [7, 11) is 3.28. The van der Waals surface area contributed by atoms with E-state index in [1.807, 2.05) is 25.1 Å². The molecule has 1 aromatic rings. The summed E-state index contributed by atoms with van der Waals surface area (Å²) in [6.45, 7) is 4.41. The van der Waals surface area contributed by atoms with Gasteiger partial charge in [-0.25, -0.2) is 0 Å². The maximum Gasteiger partial charge on any atom is 0.161 e. The first kappa shape index (κ1) is 16.8. The molecule has 5 heteroatoms. The molecule has 0 aliphatic carbocycles. The van der Waals surface area contributed by atoms with Crippen LogP contribution in [0.1, 0.15) is 24.9 Å². The van der Waals surface area contributed by atoms with Gasteiger partial charge in [0.05, 0.1) is 26.9 Å². The van der Waals surface area contributed by atoms with Crippen molar-refractivity contribution in [1.29, 1.82) is 0 Å². The monoisotopic (exact) mass is 283 g/mol. The smallest absolute Gasteiger partial charge is 0.161 e. The van der Waals surface area contributed by atoms with Crippen molar-refractivity contribution in [1.82, 2.24) is 0 Å². The van der Waals surface area contributed by atoms with Gasteiger partial charge in [-0.1, -0.05) is 6.07 Å². The van der Waals surface area contributed by atoms with Crippen LogP contribution >= 0.6 is 0 Å². The lowest BCUT2D eigenvalue weighted by molar-refractivity contribution is 0.0643. The molecule has 0 unspecified atom stereocenters. The topological polar surface area (TPSA) is 62.9 Å². The highest BCUT2D eigenvalue weighted by atomic mass is 16.5. The molecule has 1 rings (SSSR count). The van der Waals surface area contributed by atoms with Crippen molar-refractivity contribution in [3.63, 3.8) is 0 Å². The predicted octanol–water partition coefficient (Wildman–Crippen LogP) is 2.15. The molecule has 114 valence electrons. The molecule has 0 spiro atoms. The van der Waals surface area contributed by atoms with Crippen LogP contribution in [0.2, 0.25) is 0 Å². The summed E-state index contributed by atoms with van der Waals surface area (Å²) in [5.41, 5.74) is 6.87. The zero-order valence-electron chi connectivity index (χ0n) is 12.6. The average molecular weight is 283 g/mol. The van der Waals surface area contributed by atoms with E-state index in [2.05, 4.69) is 0 Å². The van der Waals surface area contributed by atoms with Crippen LogP contribution in [0.25, 0.3) is 0 Å². The maximum atomic E-state index is 5.84. The Hall–Kier alpha value is -1.30. The molecule has 0 bridgehead atoms. The Labute approximate surface area is 121 Å². The lowest BCUT2D eigenvalue weighted by atomic mass is 10.1. The third-order valence-electron chi connectivity index (χ3n) is 2.84. The molecule has 0 saturated heterocycles. The molecule has 0 aliphatic heterocycles. The van der Waals surface area contributed by atoms with Gasteiger partial charge >= 0.3 is 0 Å². The van der Waals surface area contributed by atoms with E-state index < -0.39 is 0 Å². The van der Waals surface area contributed by atoms with Crippen LogP contribution in [0, 0.1) is 0 Å². The highest BCUT2D eigenvalue weighted by Gasteiger charge is 2.07. The zero-order valence-corrected chi connectivity index (χ0v) is 12.6. The summed E-state index contributed by atoms with van der Waals surface area (Å²) in [4.78, 5) is 0. The van der Waals surface area contributed by atoms with E-state index in [-0.39, 0.29) is 6.04 Å². The molecule has 1 atom stereocenters. The zero-order chi connectivity index (χ0) is 14.8. The van der Waals surface area contributed by atoms with Gasteiger partial charge in [-0.3, -0.25) is 0 Å². The van der Waals surface area contributed by atoms with Crippen molar-refractivity contribution in [2.45, 2.75) is 19.4 Å². The van der Waals surface area contributed by atoms with Gasteiger partial charge in [0.1, 0.15) is 0 Å². The third kappa shape index (κ3) is 5.77. The summed E-state index contributed by atoms with van der Waals surface area (Å²) in [5, 5.41) is 0. The van der Waals surface area contributed by atoms with Crippen LogP contribution in [-0.4, -0.2) is 40.6 Å². The molecular weight excluding hydrogens is 258 g/mol. The Bertz CT molecular complexity index is 382. The molecule has 1 aromatic carbocycles. The van der Waals surface area contributed by atoms with E-state index in [0.717, 1.165) is 17.7 Å². The summed E-state index contributed by atoms with van der Waals surface area (Å²) in [6.07, 6.45) is 0.821. The number of rotatable bonds is 10. The van der Waals surface area contributed by atoms with Crippen molar-refractivity contribution < 1.29 is 18.9 Å². The SMILES string of the molecule is COCCOCCCOc1ccc([C@H](C)N)cc1OC. The molecule has 0 aliphatic rings. The number of hydrogen-bond acceptors (Lipinski definition) is 5. The molecule has 0 fully saturated rings. The number of benzene rings is 1. The number of nitrogens with two attached hydrogens (primary N) is 1. The fraction of sp³-hybridized carbons (Fsp3) is 0.600. The first-order valence-corrected chi connectivity index (χ1v) is 6.82. The molecule has 0 aromatic heterocycles. The molecule has 0 heterocycles. The van der Waals surface area contributed by atoms with Gasteiger partial charge in [-0.05, 0) is 24.6 Å². The second kappa shape index (κ2) is 9.58. The van der Waals surface area contributed by atoms with E-state index in [4.69, 9.17) is 24.7 Å². The van der Waals surface area contributed by atoms with Crippen LogP contribution in [0.3, 0.4) is 0 Å². The predicted molar refractivity (Wildman–Crippen MR) is 78.4 cm³/mol. The Morgan fingerprint density at radius 2 is 1.85 bits per heavy atom. The van der Waals surface area contributed by atoms with Gasteiger partial charge in [-0.15, -0.1) is 0 Å². The normalized spacial score (nSPS) is 12.2. The summed E-state index contributed by atoms with van der Waals surface area (Å²) >= 11 is 0. The van der Waals surface area contributed by atoms with Gasteiger partial charge in [0.25, 0.3) is 0 Å². The lowest BCUT2D eigenvalue weighted by Crippen LogP contribution is -2.08. The Balaban J connectivity index is 2.36. The van der Waals surface area contributed by atoms with Crippen molar-refractivity contribution in [2.75, 3.05) is 40.6 Å². The van der Waals surface area contributed by atoms with Crippen LogP contribution < -0.4 is 15.2 Å². The molecule has 0 saturated carbocycles. The van der Waals surface area contributed by atoms with Gasteiger partial charge in [0.2, 0.25) is 0 Å². The Morgan fingerprint density at radius 1 is 1.05 bits per heavy atom. The van der Waals surface area contributed by atoms with E-state index in [1.165, 1.54) is 0 Å². The van der Waals surface area contributed by atoms with Crippen LogP contribution in [-0.2, 0) is 9.47 Å². The van der Waals surface area contributed by atoms with E-state index in [9.17, 15) is 0 Å². The summed E-state index contributed by atoms with van der Waals surface area (Å²) in [5.74, 6) is 1.44. The minimum absolute atomic E-state index is 0.0212. The van der Waals surface area contributed by atoms with Crippen LogP contribution in [0.15, 0.2) is 18.2 Å². The quantitative estimate of drug-likeness (QED) is 0.667. The van der Waals surface area contributed by atoms with Gasteiger partial charge < -0.3 is 24.7 Å². The molecule has 0 amide bonds. The highest BCUT2D eigenvalue weighted by molar-refractivity contribution is 5.43. The largest absolute Gasteiger partial charge is 0.493 e. The van der Waals surface area contributed by atoms with Crippen molar-refractivity contribution >= 4 is 0 Å². The Kier molecular flexibility index (Phi) is 8.02. The third-order valence-corrected chi connectivity index (χ3v) is 2.84. The number of ether oxygens (including phenoxy) is 4. The van der Waals surface area contributed by atoms with Gasteiger partial charge in [0, 0.05) is 26.2 Å². The fourth-order valence-electron chi connectivity index (χ4n) is 1.67. The Morgan fingerprint density at radius 3 is 2.50 bits per heavy atom. The fourth-order valence-corrected chi connectivity index (χ4v) is 1.67. The van der Waals surface area contributed by atoms with Crippen molar-refractivity contribution in [2.24, 2.45) is 5.73 Å². The van der Waals surface area contributed by atoms with Crippen molar-refractivity contribution in [3.8, 4) is 11.5 Å². The summed E-state index contributed by atoms with van der Waals surface area (Å²) < 4.78 is 21.3. The molecule has 2 N–H and O–H groups in total. The minimum Gasteiger partial charge on any atom is -0.493 e. The molecule has 5 nitrogen and oxygen atoms in total. The molecular formula is C15H25NO4. The molecule has 0 radical (unpaired) electrons. The maximum absolute atomic E-state index is 5.84. The number of methoxy groups -OCH3 is 2. The highest BCUT2D eigenvalue weighted by Crippen LogP contribution is 2.29. The molecule has 20 heavy (non-hydrogen) atoms. The first-order chi connectivity index (χ1) is 9.69. The van der Waals surface area contributed by atoms with Gasteiger partial charge in [0.15, 0.2) is 11.5 Å². The van der Waals surface area contributed by atoms with Gasteiger partial charge in [-0.2, -0.15) is 0 Å². The number of hydrogen-bond donors (Lipinski definition) is 1.